The molecule has 3 heteroatoms. The molecule has 0 N–H and O–H groups in total. The number of aryl methyl sites for hydroxylation is 1. The van der Waals surface area contributed by atoms with Crippen LogP contribution in [-0.4, -0.2) is 36.7 Å². The van der Waals surface area contributed by atoms with Crippen molar-refractivity contribution in [2.75, 3.05) is 20.1 Å². The van der Waals surface area contributed by atoms with Crippen molar-refractivity contribution in [2.24, 2.45) is 16.3 Å². The average Bonchev–Trinajstić information content (AvgIpc) is 2.43. The summed E-state index contributed by atoms with van der Waals surface area (Å²) in [6.45, 7) is 8.13. The van der Waals surface area contributed by atoms with Gasteiger partial charge in [0.15, 0.2) is 0 Å². The number of benzene rings is 1. The Morgan fingerprint density at radius 2 is 2.00 bits per heavy atom. The van der Waals surface area contributed by atoms with Gasteiger partial charge >= 0.3 is 0 Å². The highest BCUT2D eigenvalue weighted by Gasteiger charge is 2.53. The molecule has 0 bridgehead atoms. The first kappa shape index (κ1) is 16.0. The van der Waals surface area contributed by atoms with Crippen LogP contribution in [0.5, 0.6) is 0 Å². The van der Waals surface area contributed by atoms with Gasteiger partial charge < -0.3 is 4.90 Å². The van der Waals surface area contributed by atoms with Gasteiger partial charge in [0, 0.05) is 36.8 Å². The van der Waals surface area contributed by atoms with E-state index in [2.05, 4.69) is 18.0 Å². The molecule has 1 spiro atoms. The van der Waals surface area contributed by atoms with Gasteiger partial charge in [-0.3, -0.25) is 9.79 Å². The molecule has 0 aromatic heterocycles. The van der Waals surface area contributed by atoms with Crippen LogP contribution in [-0.2, 0) is 0 Å². The van der Waals surface area contributed by atoms with E-state index in [0.717, 1.165) is 29.9 Å². The maximum absolute atomic E-state index is 12.5. The molecule has 1 aliphatic heterocycles. The van der Waals surface area contributed by atoms with Gasteiger partial charge in [-0.05, 0) is 57.7 Å². The molecule has 23 heavy (non-hydrogen) atoms. The van der Waals surface area contributed by atoms with Crippen molar-refractivity contribution in [2.45, 2.75) is 33.6 Å². The number of carbonyl (C=O) groups excluding carboxylic acids is 1. The Kier molecular flexibility index (Phi) is 4.13. The summed E-state index contributed by atoms with van der Waals surface area (Å²) in [7, 11) is 1.84. The quantitative estimate of drug-likeness (QED) is 0.780. The zero-order valence-electron chi connectivity index (χ0n) is 14.6. The van der Waals surface area contributed by atoms with E-state index < -0.39 is 0 Å². The Balaban J connectivity index is 1.55. The van der Waals surface area contributed by atoms with E-state index in [0.29, 0.717) is 11.3 Å². The van der Waals surface area contributed by atoms with Gasteiger partial charge in [-0.2, -0.15) is 0 Å². The average molecular weight is 310 g/mol. The van der Waals surface area contributed by atoms with Gasteiger partial charge in [0.2, 0.25) is 0 Å². The van der Waals surface area contributed by atoms with Crippen LogP contribution >= 0.6 is 0 Å². The second-order valence-electron chi connectivity index (χ2n) is 7.39. The molecule has 3 nitrogen and oxygen atoms in total. The van der Waals surface area contributed by atoms with Crippen molar-refractivity contribution >= 4 is 11.6 Å². The lowest BCUT2D eigenvalue weighted by atomic mass is 9.56. The molecule has 0 radical (unpaired) electrons. The van der Waals surface area contributed by atoms with Crippen molar-refractivity contribution in [1.82, 2.24) is 4.90 Å². The van der Waals surface area contributed by atoms with E-state index in [1.165, 1.54) is 18.4 Å². The van der Waals surface area contributed by atoms with Crippen molar-refractivity contribution in [3.63, 3.8) is 0 Å². The molecule has 1 amide bonds. The lowest BCUT2D eigenvalue weighted by Crippen LogP contribution is -2.63. The van der Waals surface area contributed by atoms with Crippen molar-refractivity contribution in [3.8, 4) is 0 Å². The fourth-order valence-electron chi connectivity index (χ4n) is 3.95. The summed E-state index contributed by atoms with van der Waals surface area (Å²) in [4.78, 5) is 18.7. The number of allylic oxidation sites excluding steroid dienone is 2. The fourth-order valence-corrected chi connectivity index (χ4v) is 3.95. The normalized spacial score (nSPS) is 21.1. The van der Waals surface area contributed by atoms with Gasteiger partial charge in [-0.15, -0.1) is 0 Å². The summed E-state index contributed by atoms with van der Waals surface area (Å²) in [5.74, 6) is 0.854. The molecule has 2 aliphatic rings. The van der Waals surface area contributed by atoms with Crippen LogP contribution in [0.1, 0.15) is 42.6 Å². The van der Waals surface area contributed by atoms with Crippen LogP contribution in [0.15, 0.2) is 40.9 Å². The maximum Gasteiger partial charge on any atom is 0.253 e. The molecule has 1 aromatic rings. The molecule has 0 atom stereocenters. The maximum atomic E-state index is 12.5. The third kappa shape index (κ3) is 3.10. The van der Waals surface area contributed by atoms with E-state index in [1.54, 1.807) is 0 Å². The number of aliphatic imine (C=N–C) groups is 1. The molecule has 1 aliphatic carbocycles. The third-order valence-corrected chi connectivity index (χ3v) is 5.40. The number of nitrogens with zero attached hydrogens (tertiary/aromatic N) is 2. The van der Waals surface area contributed by atoms with E-state index in [1.807, 2.05) is 50.1 Å². The number of hydrogen-bond donors (Lipinski definition) is 0. The number of carbonyl (C=O) groups is 1. The summed E-state index contributed by atoms with van der Waals surface area (Å²) in [5, 5.41) is 0. The topological polar surface area (TPSA) is 32.7 Å². The Morgan fingerprint density at radius 3 is 2.61 bits per heavy atom. The van der Waals surface area contributed by atoms with E-state index in [4.69, 9.17) is 0 Å². The molecule has 1 heterocycles. The summed E-state index contributed by atoms with van der Waals surface area (Å²) < 4.78 is 0. The minimum atomic E-state index is 0.184. The minimum absolute atomic E-state index is 0.184. The van der Waals surface area contributed by atoms with Gasteiger partial charge in [-0.25, -0.2) is 0 Å². The van der Waals surface area contributed by atoms with Crippen LogP contribution in [0.4, 0.5) is 0 Å². The van der Waals surface area contributed by atoms with E-state index in [-0.39, 0.29) is 5.91 Å². The SMILES string of the molecule is CN=C(C)/C=C(\C)C1CC2(C1)CN(C(=O)c1cccc(C)c1)C2. The number of amides is 1. The molecule has 1 saturated heterocycles. The number of likely N-dealkylation sites (tertiary alicyclic amines) is 1. The summed E-state index contributed by atoms with van der Waals surface area (Å²) in [5.41, 5.74) is 4.87. The predicted molar refractivity (Wildman–Crippen MR) is 95.0 cm³/mol. The predicted octanol–water partition coefficient (Wildman–Crippen LogP) is 3.88. The monoisotopic (exact) mass is 310 g/mol. The molecule has 3 rings (SSSR count). The smallest absolute Gasteiger partial charge is 0.253 e. The van der Waals surface area contributed by atoms with Gasteiger partial charge in [0.25, 0.3) is 5.91 Å². The minimum Gasteiger partial charge on any atom is -0.337 e. The largest absolute Gasteiger partial charge is 0.337 e. The fraction of sp³-hybridized carbons (Fsp3) is 0.500. The molecule has 1 saturated carbocycles. The number of rotatable bonds is 3. The first-order chi connectivity index (χ1) is 10.9. The Bertz CT molecular complexity index is 673. The summed E-state index contributed by atoms with van der Waals surface area (Å²) >= 11 is 0. The highest BCUT2D eigenvalue weighted by molar-refractivity contribution is 5.95. The van der Waals surface area contributed by atoms with Crippen LogP contribution in [0.25, 0.3) is 0 Å². The first-order valence-electron chi connectivity index (χ1n) is 8.40. The molecular formula is C20H26N2O. The zero-order valence-corrected chi connectivity index (χ0v) is 14.6. The van der Waals surface area contributed by atoms with Crippen molar-refractivity contribution < 1.29 is 4.79 Å². The van der Waals surface area contributed by atoms with Gasteiger partial charge in [-0.1, -0.05) is 23.3 Å². The molecule has 122 valence electrons. The lowest BCUT2D eigenvalue weighted by Gasteiger charge is -2.59. The van der Waals surface area contributed by atoms with E-state index in [9.17, 15) is 4.79 Å². The molecule has 0 unspecified atom stereocenters. The lowest BCUT2D eigenvalue weighted by molar-refractivity contribution is -0.0664. The highest BCUT2D eigenvalue weighted by Crippen LogP contribution is 2.54. The van der Waals surface area contributed by atoms with Crippen LogP contribution in [0, 0.1) is 18.3 Å². The standard InChI is InChI=1S/C20H26N2O/c1-14-6-5-7-17(8-14)19(23)22-12-20(13-22)10-18(11-20)15(2)9-16(3)21-4/h5-9,18H,10-13H2,1-4H3/b15-9+,21-16?. The molecule has 1 aromatic carbocycles. The van der Waals surface area contributed by atoms with Crippen molar-refractivity contribution in [3.05, 3.63) is 47.0 Å². The molecular weight excluding hydrogens is 284 g/mol. The van der Waals surface area contributed by atoms with Crippen LogP contribution < -0.4 is 0 Å². The zero-order chi connectivity index (χ0) is 16.6. The second kappa shape index (κ2) is 5.95. The van der Waals surface area contributed by atoms with Gasteiger partial charge in [0.1, 0.15) is 0 Å². The first-order valence-corrected chi connectivity index (χ1v) is 8.40. The number of hydrogen-bond acceptors (Lipinski definition) is 2. The second-order valence-corrected chi connectivity index (χ2v) is 7.39. The third-order valence-electron chi connectivity index (χ3n) is 5.40. The molecule has 2 fully saturated rings. The summed E-state index contributed by atoms with van der Waals surface area (Å²) in [6.07, 6.45) is 4.62. The van der Waals surface area contributed by atoms with Crippen molar-refractivity contribution in [1.29, 1.82) is 0 Å². The van der Waals surface area contributed by atoms with Crippen LogP contribution in [0.2, 0.25) is 0 Å². The Morgan fingerprint density at radius 1 is 1.30 bits per heavy atom. The van der Waals surface area contributed by atoms with E-state index >= 15 is 0 Å². The Labute approximate surface area is 139 Å². The van der Waals surface area contributed by atoms with Gasteiger partial charge in [0.05, 0.1) is 0 Å². The van der Waals surface area contributed by atoms with Crippen LogP contribution in [0.3, 0.4) is 0 Å². The Hall–Kier alpha value is -1.90. The summed E-state index contributed by atoms with van der Waals surface area (Å²) in [6, 6.07) is 7.89. The highest BCUT2D eigenvalue weighted by atomic mass is 16.2.